The van der Waals surface area contributed by atoms with E-state index in [1.54, 1.807) is 36.4 Å². The highest BCUT2D eigenvalue weighted by atomic mass is 19.1. The van der Waals surface area contributed by atoms with Crippen molar-refractivity contribution in [2.45, 2.75) is 18.8 Å². The van der Waals surface area contributed by atoms with E-state index in [0.717, 1.165) is 0 Å². The van der Waals surface area contributed by atoms with E-state index in [9.17, 15) is 14.0 Å². The average Bonchev–Trinajstić information content (AvgIpc) is 3.17. The molecule has 1 amide bonds. The Kier molecular flexibility index (Phi) is 2.53. The molecule has 1 fully saturated rings. The topological polar surface area (TPSA) is 49.9 Å². The van der Waals surface area contributed by atoms with Crippen LogP contribution in [0.3, 0.4) is 0 Å². The standard InChI is InChI=1S/C17H12FNO3/c1-10(20)19-14-5-3-2-4-13(14)15(21)17(19)16(22-17)11-6-8-12(18)9-7-11/h2-9,16H,1H3/t16-,17+/m0/s1. The summed E-state index contributed by atoms with van der Waals surface area (Å²) in [5.74, 6) is -0.849. The highest BCUT2D eigenvalue weighted by Crippen LogP contribution is 2.59. The number of halogens is 1. The van der Waals surface area contributed by atoms with Crippen molar-refractivity contribution in [1.82, 2.24) is 0 Å². The Bertz CT molecular complexity index is 802. The number of anilines is 1. The summed E-state index contributed by atoms with van der Waals surface area (Å²) in [5, 5.41) is 0. The third-order valence-electron chi connectivity index (χ3n) is 4.13. The van der Waals surface area contributed by atoms with E-state index in [-0.39, 0.29) is 17.5 Å². The zero-order valence-corrected chi connectivity index (χ0v) is 11.7. The Labute approximate surface area is 126 Å². The highest BCUT2D eigenvalue weighted by Gasteiger charge is 2.72. The molecule has 2 aliphatic rings. The van der Waals surface area contributed by atoms with Crippen LogP contribution in [0.1, 0.15) is 28.9 Å². The molecule has 0 aromatic heterocycles. The van der Waals surface area contributed by atoms with E-state index in [0.29, 0.717) is 16.8 Å². The summed E-state index contributed by atoms with van der Waals surface area (Å²) in [6, 6.07) is 12.7. The van der Waals surface area contributed by atoms with E-state index in [1.807, 2.05) is 0 Å². The number of fused-ring (bicyclic) bond motifs is 1. The molecule has 2 aromatic rings. The number of Topliss-reactive ketones (excluding diaryl/α,β-unsaturated/α-hetero) is 1. The molecule has 1 spiro atoms. The van der Waals surface area contributed by atoms with Crippen LogP contribution in [0, 0.1) is 5.82 Å². The van der Waals surface area contributed by atoms with Crippen LogP contribution in [0.25, 0.3) is 0 Å². The number of ether oxygens (including phenoxy) is 1. The van der Waals surface area contributed by atoms with Crippen LogP contribution in [0.2, 0.25) is 0 Å². The molecule has 110 valence electrons. The van der Waals surface area contributed by atoms with Gasteiger partial charge in [0.25, 0.3) is 0 Å². The van der Waals surface area contributed by atoms with Crippen LogP contribution in [-0.4, -0.2) is 17.4 Å². The van der Waals surface area contributed by atoms with Gasteiger partial charge in [-0.2, -0.15) is 0 Å². The molecule has 0 N–H and O–H groups in total. The number of ketones is 1. The number of carbonyl (C=O) groups is 2. The van der Waals surface area contributed by atoms with Gasteiger partial charge < -0.3 is 4.74 Å². The highest BCUT2D eigenvalue weighted by molar-refractivity contribution is 6.21. The first-order chi connectivity index (χ1) is 10.6. The molecule has 2 aromatic carbocycles. The molecule has 2 heterocycles. The molecule has 0 unspecified atom stereocenters. The van der Waals surface area contributed by atoms with Crippen molar-refractivity contribution in [3.8, 4) is 0 Å². The molecular formula is C17H12FNO3. The van der Waals surface area contributed by atoms with Gasteiger partial charge in [0.2, 0.25) is 17.4 Å². The maximum absolute atomic E-state index is 13.1. The predicted octanol–water partition coefficient (Wildman–Crippen LogP) is 2.84. The molecule has 5 heteroatoms. The lowest BCUT2D eigenvalue weighted by Crippen LogP contribution is -2.43. The van der Waals surface area contributed by atoms with E-state index < -0.39 is 11.8 Å². The molecule has 0 radical (unpaired) electrons. The van der Waals surface area contributed by atoms with Crippen molar-refractivity contribution in [1.29, 1.82) is 0 Å². The summed E-state index contributed by atoms with van der Waals surface area (Å²) in [4.78, 5) is 26.2. The molecule has 0 aliphatic carbocycles. The average molecular weight is 297 g/mol. The van der Waals surface area contributed by atoms with Crippen molar-refractivity contribution in [3.05, 3.63) is 65.5 Å². The van der Waals surface area contributed by atoms with Crippen LogP contribution >= 0.6 is 0 Å². The summed E-state index contributed by atoms with van der Waals surface area (Å²) in [5.41, 5.74) is 0.397. The Morgan fingerprint density at radius 3 is 2.55 bits per heavy atom. The monoisotopic (exact) mass is 297 g/mol. The lowest BCUT2D eigenvalue weighted by atomic mass is 10.0. The van der Waals surface area contributed by atoms with Gasteiger partial charge in [0.05, 0.1) is 5.69 Å². The van der Waals surface area contributed by atoms with Crippen LogP contribution in [-0.2, 0) is 9.53 Å². The summed E-state index contributed by atoms with van der Waals surface area (Å²) in [6.07, 6.45) is -0.572. The van der Waals surface area contributed by atoms with Gasteiger partial charge in [-0.1, -0.05) is 24.3 Å². The van der Waals surface area contributed by atoms with Gasteiger partial charge in [0.15, 0.2) is 0 Å². The van der Waals surface area contributed by atoms with Gasteiger partial charge in [-0.05, 0) is 29.8 Å². The first kappa shape index (κ1) is 13.2. The second kappa shape index (κ2) is 4.24. The number of carbonyl (C=O) groups excluding carboxylic acids is 2. The molecule has 22 heavy (non-hydrogen) atoms. The minimum Gasteiger partial charge on any atom is -0.332 e. The fourth-order valence-corrected chi connectivity index (χ4v) is 3.16. The Morgan fingerprint density at radius 1 is 1.18 bits per heavy atom. The number of hydrogen-bond donors (Lipinski definition) is 0. The number of para-hydroxylation sites is 1. The molecule has 2 atom stereocenters. The van der Waals surface area contributed by atoms with Gasteiger partial charge in [0.1, 0.15) is 11.9 Å². The van der Waals surface area contributed by atoms with Crippen molar-refractivity contribution in [2.75, 3.05) is 4.90 Å². The van der Waals surface area contributed by atoms with Crippen LogP contribution in [0.15, 0.2) is 48.5 Å². The van der Waals surface area contributed by atoms with E-state index in [2.05, 4.69) is 0 Å². The quantitative estimate of drug-likeness (QED) is 0.761. The molecule has 2 aliphatic heterocycles. The fraction of sp³-hybridized carbons (Fsp3) is 0.176. The number of rotatable bonds is 1. The largest absolute Gasteiger partial charge is 0.332 e. The van der Waals surface area contributed by atoms with Crippen LogP contribution in [0.4, 0.5) is 10.1 Å². The Balaban J connectivity index is 1.81. The van der Waals surface area contributed by atoms with Crippen molar-refractivity contribution in [2.24, 2.45) is 0 Å². The van der Waals surface area contributed by atoms with Gasteiger partial charge in [0, 0.05) is 12.5 Å². The van der Waals surface area contributed by atoms with E-state index in [1.165, 1.54) is 24.0 Å². The van der Waals surface area contributed by atoms with E-state index in [4.69, 9.17) is 4.74 Å². The second-order valence-electron chi connectivity index (χ2n) is 5.45. The molecule has 0 saturated carbocycles. The number of epoxide rings is 1. The van der Waals surface area contributed by atoms with Crippen LogP contribution in [0.5, 0.6) is 0 Å². The SMILES string of the molecule is CC(=O)N1c2ccccc2C(=O)[C@]12O[C@H]2c1ccc(F)cc1. The second-order valence-corrected chi connectivity index (χ2v) is 5.45. The Hall–Kier alpha value is -2.53. The third kappa shape index (κ3) is 1.54. The molecule has 1 saturated heterocycles. The maximum Gasteiger partial charge on any atom is 0.244 e. The smallest absolute Gasteiger partial charge is 0.244 e. The molecular weight excluding hydrogens is 285 g/mol. The van der Waals surface area contributed by atoms with E-state index >= 15 is 0 Å². The summed E-state index contributed by atoms with van der Waals surface area (Å²) in [6.45, 7) is 1.40. The first-order valence-electron chi connectivity index (χ1n) is 6.93. The maximum atomic E-state index is 13.1. The predicted molar refractivity (Wildman–Crippen MR) is 76.9 cm³/mol. The minimum absolute atomic E-state index is 0.229. The van der Waals surface area contributed by atoms with Gasteiger partial charge in [-0.25, -0.2) is 4.39 Å². The summed E-state index contributed by atoms with van der Waals surface area (Å²) >= 11 is 0. The van der Waals surface area contributed by atoms with Crippen molar-refractivity contribution < 1.29 is 18.7 Å². The number of nitrogens with zero attached hydrogens (tertiary/aromatic N) is 1. The zero-order chi connectivity index (χ0) is 15.5. The lowest BCUT2D eigenvalue weighted by molar-refractivity contribution is -0.117. The molecule has 4 nitrogen and oxygen atoms in total. The lowest BCUT2D eigenvalue weighted by Gasteiger charge is -2.20. The van der Waals surface area contributed by atoms with Gasteiger partial charge in [-0.3, -0.25) is 14.5 Å². The number of hydrogen-bond acceptors (Lipinski definition) is 3. The zero-order valence-electron chi connectivity index (χ0n) is 11.7. The summed E-state index contributed by atoms with van der Waals surface area (Å²) < 4.78 is 18.8. The van der Waals surface area contributed by atoms with Gasteiger partial charge >= 0.3 is 0 Å². The third-order valence-corrected chi connectivity index (χ3v) is 4.13. The fourth-order valence-electron chi connectivity index (χ4n) is 3.16. The van der Waals surface area contributed by atoms with Gasteiger partial charge in [-0.15, -0.1) is 0 Å². The Morgan fingerprint density at radius 2 is 1.86 bits per heavy atom. The number of amides is 1. The normalized spacial score (nSPS) is 25.5. The summed E-state index contributed by atoms with van der Waals surface area (Å²) in [7, 11) is 0. The molecule has 0 bridgehead atoms. The van der Waals surface area contributed by atoms with Crippen LogP contribution < -0.4 is 4.90 Å². The number of benzene rings is 2. The first-order valence-corrected chi connectivity index (χ1v) is 6.93. The van der Waals surface area contributed by atoms with Crippen molar-refractivity contribution in [3.63, 3.8) is 0 Å². The molecule has 4 rings (SSSR count). The van der Waals surface area contributed by atoms with Crippen molar-refractivity contribution >= 4 is 17.4 Å². The minimum atomic E-state index is -1.31.